The molecule has 92 valence electrons. The molecule has 1 fully saturated rings. The Morgan fingerprint density at radius 3 is 3.18 bits per heavy atom. The van der Waals surface area contributed by atoms with Crippen LogP contribution in [0.25, 0.3) is 0 Å². The Morgan fingerprint density at radius 2 is 2.47 bits per heavy atom. The zero-order chi connectivity index (χ0) is 12.3. The summed E-state index contributed by atoms with van der Waals surface area (Å²) < 4.78 is 4.77. The number of carbonyl (C=O) groups excluding carboxylic acids is 1. The Kier molecular flexibility index (Phi) is 3.41. The average Bonchev–Trinajstić information content (AvgIpc) is 2.38. The van der Waals surface area contributed by atoms with Gasteiger partial charge >= 0.3 is 5.97 Å². The van der Waals surface area contributed by atoms with Crippen LogP contribution in [-0.2, 0) is 9.53 Å². The molecule has 2 rings (SSSR count). The van der Waals surface area contributed by atoms with Crippen LogP contribution in [0.15, 0.2) is 12.3 Å². The van der Waals surface area contributed by atoms with Crippen molar-refractivity contribution in [3.63, 3.8) is 0 Å². The van der Waals surface area contributed by atoms with Gasteiger partial charge in [0, 0.05) is 19.3 Å². The highest BCUT2D eigenvalue weighted by molar-refractivity contribution is 5.73. The van der Waals surface area contributed by atoms with Crippen LogP contribution in [0, 0.1) is 5.92 Å². The van der Waals surface area contributed by atoms with Gasteiger partial charge in [0.2, 0.25) is 5.95 Å². The predicted molar refractivity (Wildman–Crippen MR) is 63.4 cm³/mol. The molecule has 1 aromatic rings. The molecule has 0 aromatic carbocycles. The molecule has 0 bridgehead atoms. The highest BCUT2D eigenvalue weighted by Crippen LogP contribution is 2.22. The van der Waals surface area contributed by atoms with Gasteiger partial charge in [-0.05, 0) is 18.9 Å². The first-order valence-electron chi connectivity index (χ1n) is 5.62. The van der Waals surface area contributed by atoms with Crippen LogP contribution in [-0.4, -0.2) is 36.1 Å². The highest BCUT2D eigenvalue weighted by Gasteiger charge is 2.27. The second-order valence-electron chi connectivity index (χ2n) is 4.08. The van der Waals surface area contributed by atoms with E-state index in [1.54, 1.807) is 12.3 Å². The molecule has 0 radical (unpaired) electrons. The molecule has 1 saturated heterocycles. The van der Waals surface area contributed by atoms with Crippen molar-refractivity contribution in [2.45, 2.75) is 12.8 Å². The summed E-state index contributed by atoms with van der Waals surface area (Å²) >= 11 is 0. The summed E-state index contributed by atoms with van der Waals surface area (Å²) in [5.41, 5.74) is 5.55. The van der Waals surface area contributed by atoms with Crippen LogP contribution < -0.4 is 10.6 Å². The summed E-state index contributed by atoms with van der Waals surface area (Å²) in [6.45, 7) is 1.51. The van der Waals surface area contributed by atoms with Gasteiger partial charge in [0.25, 0.3) is 0 Å². The number of piperidine rings is 1. The molecule has 0 spiro atoms. The van der Waals surface area contributed by atoms with Gasteiger partial charge < -0.3 is 15.4 Å². The van der Waals surface area contributed by atoms with Gasteiger partial charge in [-0.2, -0.15) is 4.98 Å². The fraction of sp³-hybridized carbons (Fsp3) is 0.545. The summed E-state index contributed by atoms with van der Waals surface area (Å²) in [6, 6.07) is 1.80. The van der Waals surface area contributed by atoms with E-state index in [4.69, 9.17) is 10.5 Å². The third-order valence-corrected chi connectivity index (χ3v) is 2.94. The predicted octanol–water partition coefficient (Wildman–Crippen LogP) is 0.448. The zero-order valence-electron chi connectivity index (χ0n) is 9.80. The van der Waals surface area contributed by atoms with Gasteiger partial charge in [-0.1, -0.05) is 0 Å². The molecule has 1 aliphatic heterocycles. The summed E-state index contributed by atoms with van der Waals surface area (Å²) in [4.78, 5) is 21.6. The van der Waals surface area contributed by atoms with E-state index in [1.165, 1.54) is 7.11 Å². The van der Waals surface area contributed by atoms with Crippen LogP contribution >= 0.6 is 0 Å². The number of nitrogens with two attached hydrogens (primary N) is 1. The maximum Gasteiger partial charge on any atom is 0.310 e. The van der Waals surface area contributed by atoms with Crippen LogP contribution in [0.2, 0.25) is 0 Å². The average molecular weight is 236 g/mol. The number of methoxy groups -OCH3 is 1. The van der Waals surface area contributed by atoms with Gasteiger partial charge in [-0.15, -0.1) is 0 Å². The van der Waals surface area contributed by atoms with E-state index in [9.17, 15) is 4.79 Å². The lowest BCUT2D eigenvalue weighted by atomic mass is 9.98. The minimum Gasteiger partial charge on any atom is -0.469 e. The van der Waals surface area contributed by atoms with Gasteiger partial charge in [-0.3, -0.25) is 4.79 Å². The lowest BCUT2D eigenvalue weighted by molar-refractivity contribution is -0.145. The van der Waals surface area contributed by atoms with E-state index in [-0.39, 0.29) is 17.8 Å². The van der Waals surface area contributed by atoms with Crippen molar-refractivity contribution in [3.8, 4) is 0 Å². The number of nitrogens with zero attached hydrogens (tertiary/aromatic N) is 3. The van der Waals surface area contributed by atoms with Crippen LogP contribution in [0.1, 0.15) is 12.8 Å². The molecular formula is C11H16N4O2. The van der Waals surface area contributed by atoms with E-state index in [0.29, 0.717) is 6.54 Å². The fourth-order valence-electron chi connectivity index (χ4n) is 2.08. The third kappa shape index (κ3) is 2.64. The van der Waals surface area contributed by atoms with Crippen molar-refractivity contribution >= 4 is 17.7 Å². The minimum absolute atomic E-state index is 0.0788. The van der Waals surface area contributed by atoms with Gasteiger partial charge in [-0.25, -0.2) is 4.98 Å². The van der Waals surface area contributed by atoms with Crippen molar-refractivity contribution in [2.75, 3.05) is 30.8 Å². The molecule has 6 heteroatoms. The first-order chi connectivity index (χ1) is 8.20. The zero-order valence-corrected chi connectivity index (χ0v) is 9.80. The first-order valence-corrected chi connectivity index (χ1v) is 5.62. The summed E-state index contributed by atoms with van der Waals surface area (Å²) in [5, 5.41) is 0. The molecule has 0 aliphatic carbocycles. The quantitative estimate of drug-likeness (QED) is 0.751. The number of carbonyl (C=O) groups is 1. The molecule has 1 aromatic heterocycles. The minimum atomic E-state index is -0.156. The lowest BCUT2D eigenvalue weighted by Crippen LogP contribution is -2.39. The Labute approximate surface area is 99.8 Å². The molecule has 0 amide bonds. The lowest BCUT2D eigenvalue weighted by Gasteiger charge is -2.32. The molecule has 0 saturated carbocycles. The van der Waals surface area contributed by atoms with Gasteiger partial charge in [0.1, 0.15) is 5.82 Å². The topological polar surface area (TPSA) is 81.3 Å². The number of anilines is 2. The summed E-state index contributed by atoms with van der Waals surface area (Å²) in [6.07, 6.45) is 3.44. The van der Waals surface area contributed by atoms with Crippen molar-refractivity contribution < 1.29 is 9.53 Å². The molecular weight excluding hydrogens is 220 g/mol. The summed E-state index contributed by atoms with van der Waals surface area (Å²) in [7, 11) is 1.42. The maximum absolute atomic E-state index is 11.5. The molecule has 2 N–H and O–H groups in total. The Morgan fingerprint density at radius 1 is 1.65 bits per heavy atom. The molecule has 6 nitrogen and oxygen atoms in total. The summed E-state index contributed by atoms with van der Waals surface area (Å²) in [5.74, 6) is 0.787. The normalized spacial score (nSPS) is 20.1. The Bertz CT molecular complexity index is 410. The van der Waals surface area contributed by atoms with E-state index in [1.807, 2.05) is 4.90 Å². The number of rotatable bonds is 2. The number of ether oxygens (including phenoxy) is 1. The molecule has 2 heterocycles. The first kappa shape index (κ1) is 11.6. The smallest absolute Gasteiger partial charge is 0.310 e. The Hall–Kier alpha value is -1.85. The number of hydrogen-bond acceptors (Lipinski definition) is 6. The van der Waals surface area contributed by atoms with E-state index < -0.39 is 0 Å². The van der Waals surface area contributed by atoms with Gasteiger partial charge in [0.05, 0.1) is 13.0 Å². The fourth-order valence-corrected chi connectivity index (χ4v) is 2.08. The van der Waals surface area contributed by atoms with Crippen LogP contribution in [0.5, 0.6) is 0 Å². The van der Waals surface area contributed by atoms with Crippen LogP contribution in [0.3, 0.4) is 0 Å². The number of nitrogen functional groups attached to an aromatic ring is 1. The van der Waals surface area contributed by atoms with Crippen molar-refractivity contribution in [2.24, 2.45) is 5.92 Å². The molecule has 1 atom stereocenters. The largest absolute Gasteiger partial charge is 0.469 e. The third-order valence-electron chi connectivity index (χ3n) is 2.94. The van der Waals surface area contributed by atoms with E-state index in [2.05, 4.69) is 9.97 Å². The SMILES string of the molecule is COC(=O)C1CCCN(c2ccnc(N)n2)C1. The second-order valence-corrected chi connectivity index (χ2v) is 4.08. The van der Waals surface area contributed by atoms with Crippen molar-refractivity contribution in [3.05, 3.63) is 12.3 Å². The molecule has 17 heavy (non-hydrogen) atoms. The molecule has 1 aliphatic rings. The van der Waals surface area contributed by atoms with Crippen molar-refractivity contribution in [1.82, 2.24) is 9.97 Å². The highest BCUT2D eigenvalue weighted by atomic mass is 16.5. The maximum atomic E-state index is 11.5. The Balaban J connectivity index is 2.09. The van der Waals surface area contributed by atoms with Crippen molar-refractivity contribution in [1.29, 1.82) is 0 Å². The second kappa shape index (κ2) is 4.99. The number of esters is 1. The number of hydrogen-bond donors (Lipinski definition) is 1. The standard InChI is InChI=1S/C11H16N4O2/c1-17-10(16)8-3-2-6-15(7-8)9-4-5-13-11(12)14-9/h4-5,8H,2-3,6-7H2,1H3,(H2,12,13,14). The van der Waals surface area contributed by atoms with E-state index >= 15 is 0 Å². The molecule has 1 unspecified atom stereocenters. The number of aromatic nitrogens is 2. The van der Waals surface area contributed by atoms with Crippen LogP contribution in [0.4, 0.5) is 11.8 Å². The monoisotopic (exact) mass is 236 g/mol. The van der Waals surface area contributed by atoms with E-state index in [0.717, 1.165) is 25.2 Å². The van der Waals surface area contributed by atoms with Gasteiger partial charge in [0.15, 0.2) is 0 Å².